The number of benzene rings is 2. The Hall–Kier alpha value is -2.63. The lowest BCUT2D eigenvalue weighted by Gasteiger charge is -2.12. The minimum Gasteiger partial charge on any atom is -0.483 e. The third-order valence-corrected chi connectivity index (χ3v) is 2.83. The molecule has 1 N–H and O–H groups in total. The van der Waals surface area contributed by atoms with Crippen LogP contribution in [-0.2, 0) is 4.79 Å². The van der Waals surface area contributed by atoms with E-state index in [1.54, 1.807) is 18.2 Å². The minimum absolute atomic E-state index is 0.0956. The molecule has 0 bridgehead atoms. The highest BCUT2D eigenvalue weighted by Crippen LogP contribution is 2.25. The molecule has 0 saturated heterocycles. The molecule has 0 unspecified atom stereocenters. The molecule has 2 aromatic carbocycles. The first-order valence-electron chi connectivity index (χ1n) is 6.58. The third-order valence-electron chi connectivity index (χ3n) is 2.83. The zero-order valence-electron chi connectivity index (χ0n) is 11.9. The van der Waals surface area contributed by atoms with Crippen molar-refractivity contribution < 1.29 is 23.0 Å². The number of hydrogen-bond acceptors (Lipinski definition) is 3. The van der Waals surface area contributed by atoms with Gasteiger partial charge in [0.1, 0.15) is 11.5 Å². The van der Waals surface area contributed by atoms with Crippen molar-refractivity contribution in [3.8, 4) is 11.5 Å². The number of ether oxygens (including phenoxy) is 2. The van der Waals surface area contributed by atoms with E-state index in [1.165, 1.54) is 18.2 Å². The van der Waals surface area contributed by atoms with Crippen LogP contribution in [0.1, 0.15) is 5.56 Å². The highest BCUT2D eigenvalue weighted by molar-refractivity contribution is 5.93. The molecule has 0 aliphatic rings. The molecule has 0 aromatic heterocycles. The van der Waals surface area contributed by atoms with Crippen LogP contribution < -0.4 is 14.8 Å². The first-order valence-corrected chi connectivity index (χ1v) is 6.58. The first-order chi connectivity index (χ1) is 10.6. The fourth-order valence-corrected chi connectivity index (χ4v) is 1.82. The van der Waals surface area contributed by atoms with Gasteiger partial charge in [0.2, 0.25) is 0 Å². The topological polar surface area (TPSA) is 47.6 Å². The molecule has 0 spiro atoms. The second-order valence-electron chi connectivity index (χ2n) is 4.48. The summed E-state index contributed by atoms with van der Waals surface area (Å²) in [6.45, 7) is -1.33. The number of hydrogen-bond donors (Lipinski definition) is 1. The lowest BCUT2D eigenvalue weighted by atomic mass is 10.2. The standard InChI is InChI=1S/C16H15F2NO3/c1-11-6-2-4-8-13(11)21-10-15(20)19-12-7-3-5-9-14(12)22-16(17)18/h2-9,16H,10H2,1H3,(H,19,20). The number of alkyl halides is 2. The fourth-order valence-electron chi connectivity index (χ4n) is 1.82. The van der Waals surface area contributed by atoms with E-state index in [4.69, 9.17) is 4.74 Å². The Morgan fingerprint density at radius 2 is 1.73 bits per heavy atom. The molecule has 6 heteroatoms. The fraction of sp³-hybridized carbons (Fsp3) is 0.188. The summed E-state index contributed by atoms with van der Waals surface area (Å²) in [5, 5.41) is 2.48. The van der Waals surface area contributed by atoms with Crippen molar-refractivity contribution in [1.29, 1.82) is 0 Å². The Kier molecular flexibility index (Phi) is 5.30. The van der Waals surface area contributed by atoms with E-state index in [2.05, 4.69) is 10.1 Å². The number of anilines is 1. The Bertz CT molecular complexity index is 647. The molecule has 4 nitrogen and oxygen atoms in total. The number of para-hydroxylation sites is 3. The van der Waals surface area contributed by atoms with Crippen LogP contribution in [0.4, 0.5) is 14.5 Å². The molecule has 0 atom stereocenters. The summed E-state index contributed by atoms with van der Waals surface area (Å²) in [6.07, 6.45) is 0. The van der Waals surface area contributed by atoms with Crippen molar-refractivity contribution in [2.24, 2.45) is 0 Å². The van der Waals surface area contributed by atoms with Crippen LogP contribution in [0, 0.1) is 6.92 Å². The van der Waals surface area contributed by atoms with Gasteiger partial charge in [-0.1, -0.05) is 30.3 Å². The van der Waals surface area contributed by atoms with E-state index >= 15 is 0 Å². The molecule has 1 amide bonds. The van der Waals surface area contributed by atoms with Crippen molar-refractivity contribution in [2.45, 2.75) is 13.5 Å². The Labute approximate surface area is 126 Å². The van der Waals surface area contributed by atoms with Gasteiger partial charge in [-0.05, 0) is 30.7 Å². The van der Waals surface area contributed by atoms with Crippen LogP contribution in [0.25, 0.3) is 0 Å². The van der Waals surface area contributed by atoms with E-state index in [9.17, 15) is 13.6 Å². The average Bonchev–Trinajstić information content (AvgIpc) is 2.48. The second-order valence-corrected chi connectivity index (χ2v) is 4.48. The molecule has 2 rings (SSSR count). The molecule has 116 valence electrons. The SMILES string of the molecule is Cc1ccccc1OCC(=O)Nc1ccccc1OC(F)F. The zero-order valence-corrected chi connectivity index (χ0v) is 11.9. The normalized spacial score (nSPS) is 10.4. The number of nitrogens with one attached hydrogen (secondary N) is 1. The number of carbonyl (C=O) groups excluding carboxylic acids is 1. The first kappa shape index (κ1) is 15.8. The van der Waals surface area contributed by atoms with Gasteiger partial charge in [0.05, 0.1) is 5.69 Å². The van der Waals surface area contributed by atoms with E-state index in [0.717, 1.165) is 5.56 Å². The van der Waals surface area contributed by atoms with E-state index in [-0.39, 0.29) is 18.0 Å². The summed E-state index contributed by atoms with van der Waals surface area (Å²) in [5.41, 5.74) is 1.07. The van der Waals surface area contributed by atoms with Crippen LogP contribution in [0.2, 0.25) is 0 Å². The lowest BCUT2D eigenvalue weighted by molar-refractivity contribution is -0.118. The number of aryl methyl sites for hydroxylation is 1. The van der Waals surface area contributed by atoms with E-state index in [0.29, 0.717) is 5.75 Å². The van der Waals surface area contributed by atoms with Crippen LogP contribution in [-0.4, -0.2) is 19.1 Å². The van der Waals surface area contributed by atoms with Gasteiger partial charge in [-0.3, -0.25) is 4.79 Å². The predicted octanol–water partition coefficient (Wildman–Crippen LogP) is 3.61. The summed E-state index contributed by atoms with van der Waals surface area (Å²) < 4.78 is 34.3. The third kappa shape index (κ3) is 4.44. The van der Waals surface area contributed by atoms with E-state index < -0.39 is 12.5 Å². The highest BCUT2D eigenvalue weighted by Gasteiger charge is 2.12. The summed E-state index contributed by atoms with van der Waals surface area (Å²) in [7, 11) is 0. The summed E-state index contributed by atoms with van der Waals surface area (Å²) >= 11 is 0. The van der Waals surface area contributed by atoms with E-state index in [1.807, 2.05) is 19.1 Å². The van der Waals surface area contributed by atoms with Gasteiger partial charge in [0.15, 0.2) is 6.61 Å². The summed E-state index contributed by atoms with van der Waals surface area (Å²) in [5.74, 6) is 0.0325. The molecule has 0 saturated carbocycles. The number of rotatable bonds is 6. The maximum absolute atomic E-state index is 12.3. The Balaban J connectivity index is 1.96. The highest BCUT2D eigenvalue weighted by atomic mass is 19.3. The lowest BCUT2D eigenvalue weighted by Crippen LogP contribution is -2.21. The van der Waals surface area contributed by atoms with Gasteiger partial charge in [-0.25, -0.2) is 0 Å². The molecular weight excluding hydrogens is 292 g/mol. The Morgan fingerprint density at radius 3 is 2.41 bits per heavy atom. The average molecular weight is 307 g/mol. The molecule has 0 aliphatic heterocycles. The van der Waals surface area contributed by atoms with Crippen LogP contribution in [0.3, 0.4) is 0 Å². The maximum atomic E-state index is 12.3. The van der Waals surface area contributed by atoms with Crippen molar-refractivity contribution in [3.05, 3.63) is 54.1 Å². The van der Waals surface area contributed by atoms with Crippen molar-refractivity contribution >= 4 is 11.6 Å². The van der Waals surface area contributed by atoms with Crippen molar-refractivity contribution in [1.82, 2.24) is 0 Å². The van der Waals surface area contributed by atoms with Gasteiger partial charge in [0.25, 0.3) is 5.91 Å². The number of carbonyl (C=O) groups is 1. The van der Waals surface area contributed by atoms with Gasteiger partial charge in [-0.2, -0.15) is 8.78 Å². The van der Waals surface area contributed by atoms with Crippen molar-refractivity contribution in [3.63, 3.8) is 0 Å². The molecule has 0 fully saturated rings. The summed E-state index contributed by atoms with van der Waals surface area (Å²) in [4.78, 5) is 11.9. The van der Waals surface area contributed by atoms with Gasteiger partial charge < -0.3 is 14.8 Å². The molecule has 2 aromatic rings. The van der Waals surface area contributed by atoms with Gasteiger partial charge >= 0.3 is 6.61 Å². The van der Waals surface area contributed by atoms with Crippen LogP contribution in [0.15, 0.2) is 48.5 Å². The largest absolute Gasteiger partial charge is 0.483 e. The Morgan fingerprint density at radius 1 is 1.09 bits per heavy atom. The number of amides is 1. The maximum Gasteiger partial charge on any atom is 0.387 e. The van der Waals surface area contributed by atoms with Gasteiger partial charge in [-0.15, -0.1) is 0 Å². The molecule has 0 heterocycles. The number of halogens is 2. The van der Waals surface area contributed by atoms with Crippen LogP contribution in [0.5, 0.6) is 11.5 Å². The molecule has 0 radical (unpaired) electrons. The van der Waals surface area contributed by atoms with Gasteiger partial charge in [0, 0.05) is 0 Å². The molecular formula is C16H15F2NO3. The summed E-state index contributed by atoms with van der Waals surface area (Å²) in [6, 6.07) is 13.2. The van der Waals surface area contributed by atoms with Crippen molar-refractivity contribution in [2.75, 3.05) is 11.9 Å². The monoisotopic (exact) mass is 307 g/mol. The molecule has 0 aliphatic carbocycles. The minimum atomic E-state index is -2.96. The second kappa shape index (κ2) is 7.40. The van der Waals surface area contributed by atoms with Crippen LogP contribution >= 0.6 is 0 Å². The predicted molar refractivity (Wildman–Crippen MR) is 78.4 cm³/mol. The zero-order chi connectivity index (χ0) is 15.9. The smallest absolute Gasteiger partial charge is 0.387 e. The molecule has 22 heavy (non-hydrogen) atoms. The quantitative estimate of drug-likeness (QED) is 0.887.